The highest BCUT2D eigenvalue weighted by Crippen LogP contribution is 2.23. The van der Waals surface area contributed by atoms with Gasteiger partial charge in [-0.2, -0.15) is 0 Å². The van der Waals surface area contributed by atoms with Crippen molar-refractivity contribution in [3.63, 3.8) is 0 Å². The minimum absolute atomic E-state index is 0.253. The van der Waals surface area contributed by atoms with E-state index in [0.717, 1.165) is 11.0 Å². The molecule has 2 amide bonds. The SMILES string of the molecule is COc1ccccc1NC(=O)NC(C)c1nc2ccccc2[nH]1. The van der Waals surface area contributed by atoms with Gasteiger partial charge in [0, 0.05) is 0 Å². The molecule has 2 aromatic carbocycles. The van der Waals surface area contributed by atoms with Gasteiger partial charge in [-0.25, -0.2) is 9.78 Å². The Labute approximate surface area is 133 Å². The zero-order valence-corrected chi connectivity index (χ0v) is 13.0. The lowest BCUT2D eigenvalue weighted by Crippen LogP contribution is -2.31. The van der Waals surface area contributed by atoms with Crippen molar-refractivity contribution in [2.45, 2.75) is 13.0 Å². The highest BCUT2D eigenvalue weighted by Gasteiger charge is 2.14. The molecule has 0 spiro atoms. The predicted octanol–water partition coefficient (Wildman–Crippen LogP) is 3.45. The van der Waals surface area contributed by atoms with Gasteiger partial charge < -0.3 is 20.4 Å². The molecule has 0 aliphatic heterocycles. The number of carbonyl (C=O) groups is 1. The molecule has 0 saturated heterocycles. The average molecular weight is 310 g/mol. The molecule has 3 N–H and O–H groups in total. The molecule has 0 aliphatic carbocycles. The lowest BCUT2D eigenvalue weighted by molar-refractivity contribution is 0.249. The number of amides is 2. The number of methoxy groups -OCH3 is 1. The van der Waals surface area contributed by atoms with Crippen molar-refractivity contribution in [2.24, 2.45) is 0 Å². The van der Waals surface area contributed by atoms with Gasteiger partial charge in [0.1, 0.15) is 11.6 Å². The minimum Gasteiger partial charge on any atom is -0.495 e. The third-order valence-corrected chi connectivity index (χ3v) is 3.52. The quantitative estimate of drug-likeness (QED) is 0.690. The van der Waals surface area contributed by atoms with E-state index in [1.165, 1.54) is 0 Å². The number of hydrogen-bond donors (Lipinski definition) is 3. The Bertz CT molecular complexity index is 795. The molecule has 1 unspecified atom stereocenters. The van der Waals surface area contributed by atoms with Gasteiger partial charge in [-0.05, 0) is 31.2 Å². The molecular formula is C17H18N4O2. The number of imidazole rings is 1. The zero-order valence-electron chi connectivity index (χ0n) is 13.0. The number of carbonyl (C=O) groups excluding carboxylic acids is 1. The number of aromatic amines is 1. The van der Waals surface area contributed by atoms with E-state index in [-0.39, 0.29) is 12.1 Å². The molecule has 0 radical (unpaired) electrons. The van der Waals surface area contributed by atoms with Gasteiger partial charge >= 0.3 is 6.03 Å². The van der Waals surface area contributed by atoms with E-state index in [1.54, 1.807) is 19.2 Å². The first kappa shape index (κ1) is 14.9. The van der Waals surface area contributed by atoms with Crippen molar-refractivity contribution in [3.8, 4) is 5.75 Å². The molecule has 23 heavy (non-hydrogen) atoms. The number of anilines is 1. The Morgan fingerprint density at radius 2 is 1.91 bits per heavy atom. The predicted molar refractivity (Wildman–Crippen MR) is 89.7 cm³/mol. The third kappa shape index (κ3) is 3.26. The average Bonchev–Trinajstić information content (AvgIpc) is 2.99. The van der Waals surface area contributed by atoms with Crippen LogP contribution < -0.4 is 15.4 Å². The molecular weight excluding hydrogens is 292 g/mol. The van der Waals surface area contributed by atoms with Crippen LogP contribution in [0.25, 0.3) is 11.0 Å². The topological polar surface area (TPSA) is 79.0 Å². The van der Waals surface area contributed by atoms with Gasteiger partial charge in [0.25, 0.3) is 0 Å². The fourth-order valence-electron chi connectivity index (χ4n) is 2.35. The number of nitrogens with one attached hydrogen (secondary N) is 3. The molecule has 118 valence electrons. The summed E-state index contributed by atoms with van der Waals surface area (Å²) in [6.07, 6.45) is 0. The van der Waals surface area contributed by atoms with Gasteiger partial charge in [0.15, 0.2) is 0 Å². The third-order valence-electron chi connectivity index (χ3n) is 3.52. The summed E-state index contributed by atoms with van der Waals surface area (Å²) in [6, 6.07) is 14.4. The van der Waals surface area contributed by atoms with Crippen molar-refractivity contribution >= 4 is 22.8 Å². The van der Waals surface area contributed by atoms with Crippen LogP contribution in [-0.2, 0) is 0 Å². The number of rotatable bonds is 4. The minimum atomic E-state index is -0.317. The zero-order chi connectivity index (χ0) is 16.2. The number of para-hydroxylation sites is 4. The van der Waals surface area contributed by atoms with Crippen LogP contribution in [0.4, 0.5) is 10.5 Å². The summed E-state index contributed by atoms with van der Waals surface area (Å²) in [6.45, 7) is 1.87. The van der Waals surface area contributed by atoms with Crippen molar-refractivity contribution in [1.29, 1.82) is 0 Å². The molecule has 1 aromatic heterocycles. The van der Waals surface area contributed by atoms with E-state index in [0.29, 0.717) is 17.3 Å². The fraction of sp³-hybridized carbons (Fsp3) is 0.176. The molecule has 6 nitrogen and oxygen atoms in total. The van der Waals surface area contributed by atoms with Crippen LogP contribution >= 0.6 is 0 Å². The maximum atomic E-state index is 12.2. The van der Waals surface area contributed by atoms with Crippen molar-refractivity contribution < 1.29 is 9.53 Å². The van der Waals surface area contributed by atoms with Gasteiger partial charge in [-0.1, -0.05) is 24.3 Å². The van der Waals surface area contributed by atoms with E-state index < -0.39 is 0 Å². The summed E-state index contributed by atoms with van der Waals surface area (Å²) in [4.78, 5) is 19.9. The molecule has 3 aromatic rings. The Hall–Kier alpha value is -3.02. The summed E-state index contributed by atoms with van der Waals surface area (Å²) < 4.78 is 5.21. The number of nitrogens with zero attached hydrogens (tertiary/aromatic N) is 1. The van der Waals surface area contributed by atoms with Crippen LogP contribution in [-0.4, -0.2) is 23.1 Å². The normalized spacial score (nSPS) is 11.9. The Balaban J connectivity index is 1.69. The van der Waals surface area contributed by atoms with Crippen molar-refractivity contribution in [3.05, 3.63) is 54.4 Å². The second-order valence-corrected chi connectivity index (χ2v) is 5.16. The van der Waals surface area contributed by atoms with E-state index in [1.807, 2.05) is 43.3 Å². The highest BCUT2D eigenvalue weighted by molar-refractivity contribution is 5.91. The van der Waals surface area contributed by atoms with Crippen LogP contribution in [0.2, 0.25) is 0 Å². The summed E-state index contributed by atoms with van der Waals surface area (Å²) in [5, 5.41) is 5.64. The number of fused-ring (bicyclic) bond motifs is 1. The Morgan fingerprint density at radius 3 is 2.70 bits per heavy atom. The first-order valence-electron chi connectivity index (χ1n) is 7.32. The first-order chi connectivity index (χ1) is 11.2. The maximum absolute atomic E-state index is 12.2. The summed E-state index contributed by atoms with van der Waals surface area (Å²) in [7, 11) is 1.56. The van der Waals surface area contributed by atoms with E-state index >= 15 is 0 Å². The van der Waals surface area contributed by atoms with E-state index in [2.05, 4.69) is 20.6 Å². The van der Waals surface area contributed by atoms with Crippen LogP contribution in [0.1, 0.15) is 18.8 Å². The van der Waals surface area contributed by atoms with E-state index in [4.69, 9.17) is 4.74 Å². The monoisotopic (exact) mass is 310 g/mol. The van der Waals surface area contributed by atoms with Crippen LogP contribution in [0, 0.1) is 0 Å². The standard InChI is InChI=1S/C17H18N4O2/c1-11(16-19-12-7-3-4-8-13(12)20-16)18-17(22)21-14-9-5-6-10-15(14)23-2/h3-11H,1-2H3,(H,19,20)(H2,18,21,22). The molecule has 0 saturated carbocycles. The van der Waals surface area contributed by atoms with Crippen LogP contribution in [0.5, 0.6) is 5.75 Å². The summed E-state index contributed by atoms with van der Waals surface area (Å²) >= 11 is 0. The van der Waals surface area contributed by atoms with Gasteiger partial charge in [-0.3, -0.25) is 0 Å². The molecule has 6 heteroatoms. The fourth-order valence-corrected chi connectivity index (χ4v) is 2.35. The number of H-pyrrole nitrogens is 1. The number of urea groups is 1. The number of ether oxygens (including phenoxy) is 1. The number of aromatic nitrogens is 2. The molecule has 0 fully saturated rings. The molecule has 3 rings (SSSR count). The van der Waals surface area contributed by atoms with Gasteiger partial charge in [-0.15, -0.1) is 0 Å². The second-order valence-electron chi connectivity index (χ2n) is 5.16. The second kappa shape index (κ2) is 6.39. The van der Waals surface area contributed by atoms with Gasteiger partial charge in [0.2, 0.25) is 0 Å². The van der Waals surface area contributed by atoms with Crippen molar-refractivity contribution in [2.75, 3.05) is 12.4 Å². The number of benzene rings is 2. The van der Waals surface area contributed by atoms with Crippen LogP contribution in [0.15, 0.2) is 48.5 Å². The molecule has 1 heterocycles. The lowest BCUT2D eigenvalue weighted by atomic mass is 10.3. The smallest absolute Gasteiger partial charge is 0.319 e. The largest absolute Gasteiger partial charge is 0.495 e. The summed E-state index contributed by atoms with van der Waals surface area (Å²) in [5.41, 5.74) is 2.44. The molecule has 0 aliphatic rings. The highest BCUT2D eigenvalue weighted by atomic mass is 16.5. The van der Waals surface area contributed by atoms with Crippen molar-refractivity contribution in [1.82, 2.24) is 15.3 Å². The number of hydrogen-bond acceptors (Lipinski definition) is 3. The van der Waals surface area contributed by atoms with Gasteiger partial charge in [0.05, 0.1) is 29.9 Å². The molecule has 1 atom stereocenters. The Kier molecular flexibility index (Phi) is 4.14. The first-order valence-corrected chi connectivity index (χ1v) is 7.32. The molecule has 0 bridgehead atoms. The van der Waals surface area contributed by atoms with Crippen LogP contribution in [0.3, 0.4) is 0 Å². The maximum Gasteiger partial charge on any atom is 0.319 e. The lowest BCUT2D eigenvalue weighted by Gasteiger charge is -2.14. The summed E-state index contributed by atoms with van der Waals surface area (Å²) in [5.74, 6) is 1.32. The van der Waals surface area contributed by atoms with E-state index in [9.17, 15) is 4.79 Å². The Morgan fingerprint density at radius 1 is 1.17 bits per heavy atom.